The van der Waals surface area contributed by atoms with Crippen molar-refractivity contribution in [3.63, 3.8) is 0 Å². The number of ketones is 1. The Hall–Kier alpha value is -1.97. The lowest BCUT2D eigenvalue weighted by Gasteiger charge is -2.08. The van der Waals surface area contributed by atoms with Crippen molar-refractivity contribution in [2.45, 2.75) is 6.42 Å². The number of methoxy groups -OCH3 is 2. The van der Waals surface area contributed by atoms with Crippen LogP contribution in [-0.2, 0) is 6.42 Å². The van der Waals surface area contributed by atoms with Gasteiger partial charge in [0.15, 0.2) is 17.3 Å². The number of rotatable bonds is 3. The van der Waals surface area contributed by atoms with Crippen molar-refractivity contribution in [2.75, 3.05) is 28.3 Å². The van der Waals surface area contributed by atoms with Gasteiger partial charge in [-0.1, -0.05) is 0 Å². The smallest absolute Gasteiger partial charge is 0.191 e. The third kappa shape index (κ3) is 2.06. The largest absolute Gasteiger partial charge is 0.493 e. The highest BCUT2D eigenvalue weighted by Gasteiger charge is 2.27. The Morgan fingerprint density at radius 3 is 2.33 bits per heavy atom. The first-order chi connectivity index (χ1) is 8.56. The third-order valence-electron chi connectivity index (χ3n) is 2.94. The highest BCUT2D eigenvalue weighted by atomic mass is 16.5. The van der Waals surface area contributed by atoms with Crippen LogP contribution in [0, 0.1) is 0 Å². The van der Waals surface area contributed by atoms with Crippen LogP contribution < -0.4 is 9.47 Å². The van der Waals surface area contributed by atoms with Gasteiger partial charge in [-0.2, -0.15) is 0 Å². The van der Waals surface area contributed by atoms with Gasteiger partial charge in [0.2, 0.25) is 0 Å². The third-order valence-corrected chi connectivity index (χ3v) is 2.94. The van der Waals surface area contributed by atoms with Crippen molar-refractivity contribution < 1.29 is 14.3 Å². The topological polar surface area (TPSA) is 38.8 Å². The lowest BCUT2D eigenvalue weighted by atomic mass is 10.1. The van der Waals surface area contributed by atoms with Crippen molar-refractivity contribution in [1.29, 1.82) is 0 Å². The van der Waals surface area contributed by atoms with Crippen molar-refractivity contribution in [3.8, 4) is 11.5 Å². The molecule has 0 amide bonds. The molecule has 4 nitrogen and oxygen atoms in total. The molecule has 0 fully saturated rings. The minimum absolute atomic E-state index is 0.0691. The van der Waals surface area contributed by atoms with Crippen molar-refractivity contribution in [2.24, 2.45) is 0 Å². The summed E-state index contributed by atoms with van der Waals surface area (Å²) in [4.78, 5) is 14.1. The van der Waals surface area contributed by atoms with Crippen LogP contribution in [0.4, 0.5) is 0 Å². The Labute approximate surface area is 107 Å². The van der Waals surface area contributed by atoms with Crippen molar-refractivity contribution in [1.82, 2.24) is 4.90 Å². The molecular formula is C14H17NO3. The zero-order valence-corrected chi connectivity index (χ0v) is 11.1. The molecule has 0 bridgehead atoms. The maximum atomic E-state index is 12.2. The van der Waals surface area contributed by atoms with Crippen LogP contribution in [0.25, 0.3) is 0 Å². The molecule has 0 aromatic heterocycles. The van der Waals surface area contributed by atoms with Crippen LogP contribution in [0.5, 0.6) is 11.5 Å². The summed E-state index contributed by atoms with van der Waals surface area (Å²) in [7, 11) is 6.98. The first kappa shape index (κ1) is 12.5. The fraction of sp³-hybridized carbons (Fsp3) is 0.357. The summed E-state index contributed by atoms with van der Waals surface area (Å²) >= 11 is 0. The van der Waals surface area contributed by atoms with Gasteiger partial charge in [-0.3, -0.25) is 4.79 Å². The fourth-order valence-corrected chi connectivity index (χ4v) is 2.15. The number of allylic oxidation sites excluding steroid dienone is 1. The quantitative estimate of drug-likeness (QED) is 0.765. The van der Waals surface area contributed by atoms with Gasteiger partial charge in [-0.25, -0.2) is 0 Å². The molecule has 96 valence electrons. The summed E-state index contributed by atoms with van der Waals surface area (Å²) < 4.78 is 10.5. The van der Waals surface area contributed by atoms with E-state index in [1.807, 2.05) is 31.3 Å². The highest BCUT2D eigenvalue weighted by Crippen LogP contribution is 2.36. The van der Waals surface area contributed by atoms with Crippen LogP contribution in [0.15, 0.2) is 23.9 Å². The van der Waals surface area contributed by atoms with E-state index >= 15 is 0 Å². The lowest BCUT2D eigenvalue weighted by Crippen LogP contribution is -2.06. The average Bonchev–Trinajstić information content (AvgIpc) is 2.63. The molecule has 1 aliphatic rings. The van der Waals surface area contributed by atoms with Gasteiger partial charge in [0.05, 0.1) is 14.2 Å². The number of hydrogen-bond acceptors (Lipinski definition) is 4. The molecule has 0 radical (unpaired) electrons. The summed E-state index contributed by atoms with van der Waals surface area (Å²) in [5.41, 5.74) is 2.50. The Bertz CT molecular complexity index is 518. The molecule has 1 aromatic carbocycles. The molecule has 0 unspecified atom stereocenters. The normalized spacial score (nSPS) is 15.8. The Kier molecular flexibility index (Phi) is 3.28. The number of fused-ring (bicyclic) bond motifs is 1. The Balaban J connectivity index is 2.46. The maximum Gasteiger partial charge on any atom is 0.191 e. The molecule has 0 spiro atoms. The van der Waals surface area contributed by atoms with E-state index in [9.17, 15) is 4.79 Å². The van der Waals surface area contributed by atoms with Gasteiger partial charge < -0.3 is 14.4 Å². The molecule has 0 saturated carbocycles. The van der Waals surface area contributed by atoms with E-state index in [0.29, 0.717) is 23.5 Å². The molecule has 0 atom stereocenters. The molecule has 0 aliphatic heterocycles. The summed E-state index contributed by atoms with van der Waals surface area (Å²) in [5, 5.41) is 0. The van der Waals surface area contributed by atoms with Gasteiger partial charge in [-0.15, -0.1) is 0 Å². The van der Waals surface area contributed by atoms with Gasteiger partial charge in [0.1, 0.15) is 0 Å². The second-order valence-corrected chi connectivity index (χ2v) is 4.49. The van der Waals surface area contributed by atoms with E-state index in [1.165, 1.54) is 0 Å². The number of nitrogens with zero attached hydrogens (tertiary/aromatic N) is 1. The van der Waals surface area contributed by atoms with E-state index in [1.54, 1.807) is 20.3 Å². The minimum atomic E-state index is 0.0691. The average molecular weight is 247 g/mol. The fourth-order valence-electron chi connectivity index (χ4n) is 2.15. The number of benzene rings is 1. The molecule has 2 rings (SSSR count). The van der Waals surface area contributed by atoms with Crippen LogP contribution >= 0.6 is 0 Å². The van der Waals surface area contributed by atoms with Gasteiger partial charge in [0.25, 0.3) is 0 Å². The predicted octanol–water partition coefficient (Wildman–Crippen LogP) is 1.89. The number of carbonyl (C=O) groups excluding carboxylic acids is 1. The second-order valence-electron chi connectivity index (χ2n) is 4.49. The molecule has 0 heterocycles. The predicted molar refractivity (Wildman–Crippen MR) is 69.4 cm³/mol. The van der Waals surface area contributed by atoms with Crippen molar-refractivity contribution >= 4 is 5.78 Å². The monoisotopic (exact) mass is 247 g/mol. The molecule has 1 aromatic rings. The number of ether oxygens (including phenoxy) is 2. The van der Waals surface area contributed by atoms with Gasteiger partial charge in [-0.05, 0) is 17.7 Å². The van der Waals surface area contributed by atoms with Gasteiger partial charge in [0, 0.05) is 37.9 Å². The van der Waals surface area contributed by atoms with E-state index in [2.05, 4.69) is 0 Å². The molecule has 4 heteroatoms. The Morgan fingerprint density at radius 2 is 1.78 bits per heavy atom. The van der Waals surface area contributed by atoms with Crippen LogP contribution in [-0.4, -0.2) is 39.0 Å². The minimum Gasteiger partial charge on any atom is -0.493 e. The lowest BCUT2D eigenvalue weighted by molar-refractivity contribution is 0.103. The number of hydrogen-bond donors (Lipinski definition) is 0. The summed E-state index contributed by atoms with van der Waals surface area (Å²) in [6.07, 6.45) is 2.51. The molecule has 18 heavy (non-hydrogen) atoms. The van der Waals surface area contributed by atoms with E-state index in [4.69, 9.17) is 9.47 Å². The zero-order chi connectivity index (χ0) is 13.3. The SMILES string of the molecule is COc1cc2c(cc1OC)C(=O)/C(=C/N(C)C)C2. The Morgan fingerprint density at radius 1 is 1.17 bits per heavy atom. The highest BCUT2D eigenvalue weighted by molar-refractivity contribution is 6.13. The maximum absolute atomic E-state index is 12.2. The van der Waals surface area contributed by atoms with Crippen LogP contribution in [0.3, 0.4) is 0 Å². The van der Waals surface area contributed by atoms with E-state index in [0.717, 1.165) is 11.1 Å². The molecule has 1 aliphatic carbocycles. The molecule has 0 N–H and O–H groups in total. The van der Waals surface area contributed by atoms with Crippen LogP contribution in [0.2, 0.25) is 0 Å². The zero-order valence-electron chi connectivity index (χ0n) is 11.1. The van der Waals surface area contributed by atoms with E-state index < -0.39 is 0 Å². The summed E-state index contributed by atoms with van der Waals surface area (Å²) in [5.74, 6) is 1.32. The number of Topliss-reactive ketones (excluding diaryl/α,β-unsaturated/α-hetero) is 1. The summed E-state index contributed by atoms with van der Waals surface area (Å²) in [6, 6.07) is 3.63. The first-order valence-corrected chi connectivity index (χ1v) is 5.73. The second kappa shape index (κ2) is 4.72. The van der Waals surface area contributed by atoms with Gasteiger partial charge >= 0.3 is 0 Å². The number of carbonyl (C=O) groups is 1. The molecule has 0 saturated heterocycles. The first-order valence-electron chi connectivity index (χ1n) is 5.73. The van der Waals surface area contributed by atoms with Crippen LogP contribution in [0.1, 0.15) is 15.9 Å². The van der Waals surface area contributed by atoms with E-state index in [-0.39, 0.29) is 5.78 Å². The summed E-state index contributed by atoms with van der Waals surface area (Å²) in [6.45, 7) is 0. The van der Waals surface area contributed by atoms with Crippen molar-refractivity contribution in [3.05, 3.63) is 35.0 Å². The standard InChI is InChI=1S/C14H17NO3/c1-15(2)8-10-5-9-6-12(17-3)13(18-4)7-11(9)14(10)16/h6-8H,5H2,1-4H3/b10-8+. The molecular weight excluding hydrogens is 230 g/mol.